The molecule has 1 amide bonds. The molecule has 178 valence electrons. The summed E-state index contributed by atoms with van der Waals surface area (Å²) in [7, 11) is 3.22. The fourth-order valence-electron chi connectivity index (χ4n) is 3.90. The van der Waals surface area contributed by atoms with Crippen LogP contribution >= 0.6 is 0 Å². The summed E-state index contributed by atoms with van der Waals surface area (Å²) in [5.41, 5.74) is 3.32. The molecule has 1 aliphatic heterocycles. The van der Waals surface area contributed by atoms with Gasteiger partial charge in [0.05, 0.1) is 26.0 Å². The molecule has 3 heterocycles. The highest BCUT2D eigenvalue weighted by Crippen LogP contribution is 2.28. The summed E-state index contributed by atoms with van der Waals surface area (Å²) >= 11 is 0. The zero-order valence-corrected chi connectivity index (χ0v) is 19.7. The van der Waals surface area contributed by atoms with Crippen LogP contribution in [0.4, 0.5) is 11.6 Å². The molecule has 0 aliphatic carbocycles. The maximum atomic E-state index is 11.9. The van der Waals surface area contributed by atoms with Crippen LogP contribution in [0, 0.1) is 0 Å². The number of carbonyl (C=O) groups excluding carboxylic acids is 1. The first kappa shape index (κ1) is 23.4. The minimum atomic E-state index is -0.142. The molecule has 0 spiro atoms. The van der Waals surface area contributed by atoms with E-state index >= 15 is 0 Å². The highest BCUT2D eigenvalue weighted by atomic mass is 16.5. The van der Waals surface area contributed by atoms with Gasteiger partial charge in [0.25, 0.3) is 5.91 Å². The van der Waals surface area contributed by atoms with Crippen molar-refractivity contribution in [1.82, 2.24) is 20.3 Å². The number of morpholine rings is 1. The summed E-state index contributed by atoms with van der Waals surface area (Å²) in [6, 6.07) is 11.5. The molecule has 0 radical (unpaired) electrons. The van der Waals surface area contributed by atoms with Crippen LogP contribution in [0.5, 0.6) is 5.75 Å². The molecular weight excluding hydrogens is 432 g/mol. The van der Waals surface area contributed by atoms with Crippen LogP contribution < -0.4 is 20.3 Å². The molecule has 9 nitrogen and oxygen atoms in total. The molecule has 1 saturated heterocycles. The maximum Gasteiger partial charge on any atom is 0.251 e. The molecule has 0 saturated carbocycles. The average molecular weight is 463 g/mol. The first-order valence-corrected chi connectivity index (χ1v) is 11.3. The van der Waals surface area contributed by atoms with Crippen molar-refractivity contribution >= 4 is 17.5 Å². The van der Waals surface area contributed by atoms with Gasteiger partial charge in [-0.1, -0.05) is 13.0 Å². The van der Waals surface area contributed by atoms with Crippen molar-refractivity contribution in [1.29, 1.82) is 0 Å². The number of pyridine rings is 1. The van der Waals surface area contributed by atoms with Gasteiger partial charge in [-0.3, -0.25) is 4.79 Å². The van der Waals surface area contributed by atoms with Crippen LogP contribution in [0.3, 0.4) is 0 Å². The van der Waals surface area contributed by atoms with Crippen LogP contribution in [0.2, 0.25) is 0 Å². The number of nitrogens with one attached hydrogen (secondary N) is 2. The number of anilines is 2. The van der Waals surface area contributed by atoms with Gasteiger partial charge in [0, 0.05) is 56.0 Å². The summed E-state index contributed by atoms with van der Waals surface area (Å²) in [4.78, 5) is 27.5. The van der Waals surface area contributed by atoms with Crippen molar-refractivity contribution in [2.75, 3.05) is 57.2 Å². The normalized spacial score (nSPS) is 14.4. The van der Waals surface area contributed by atoms with Crippen molar-refractivity contribution < 1.29 is 14.3 Å². The van der Waals surface area contributed by atoms with E-state index in [1.807, 2.05) is 36.5 Å². The Kier molecular flexibility index (Phi) is 7.54. The molecule has 1 aliphatic rings. The second-order valence-corrected chi connectivity index (χ2v) is 8.11. The highest BCUT2D eigenvalue weighted by Gasteiger charge is 2.15. The Hall–Kier alpha value is -3.72. The molecule has 9 heteroatoms. The maximum absolute atomic E-state index is 11.9. The largest absolute Gasteiger partial charge is 0.496 e. The van der Waals surface area contributed by atoms with E-state index in [-0.39, 0.29) is 11.8 Å². The van der Waals surface area contributed by atoms with E-state index in [2.05, 4.69) is 37.4 Å². The van der Waals surface area contributed by atoms with Gasteiger partial charge in [-0.05, 0) is 29.8 Å². The summed E-state index contributed by atoms with van der Waals surface area (Å²) < 4.78 is 10.9. The molecule has 0 bridgehead atoms. The van der Waals surface area contributed by atoms with Gasteiger partial charge in [0.1, 0.15) is 23.7 Å². The topological polar surface area (TPSA) is 102 Å². The van der Waals surface area contributed by atoms with Gasteiger partial charge in [-0.25, -0.2) is 15.0 Å². The number of methoxy groups -OCH3 is 1. The number of hydrogen-bond acceptors (Lipinski definition) is 8. The van der Waals surface area contributed by atoms with Crippen LogP contribution in [0.15, 0.2) is 48.9 Å². The number of amides is 1. The van der Waals surface area contributed by atoms with Crippen LogP contribution in [-0.4, -0.2) is 67.9 Å². The molecular formula is C25H30N6O3. The van der Waals surface area contributed by atoms with Crippen LogP contribution in [0.1, 0.15) is 28.8 Å². The Bertz CT molecular complexity index is 1120. The monoisotopic (exact) mass is 462 g/mol. The molecule has 3 aromatic rings. The number of carbonyl (C=O) groups is 1. The Labute approximate surface area is 199 Å². The molecule has 1 atom stereocenters. The summed E-state index contributed by atoms with van der Waals surface area (Å²) in [6.07, 6.45) is 3.40. The van der Waals surface area contributed by atoms with E-state index in [0.29, 0.717) is 17.9 Å². The Balaban J connectivity index is 1.42. The van der Waals surface area contributed by atoms with Gasteiger partial charge < -0.3 is 25.0 Å². The fraction of sp³-hybridized carbons (Fsp3) is 0.360. The molecule has 34 heavy (non-hydrogen) atoms. The highest BCUT2D eigenvalue weighted by molar-refractivity contribution is 5.94. The van der Waals surface area contributed by atoms with E-state index in [1.165, 1.54) is 0 Å². The second kappa shape index (κ2) is 10.9. The summed E-state index contributed by atoms with van der Waals surface area (Å²) in [6.45, 7) is 5.90. The lowest BCUT2D eigenvalue weighted by molar-refractivity contribution is 0.0962. The summed E-state index contributed by atoms with van der Waals surface area (Å²) in [5, 5.41) is 6.02. The second-order valence-electron chi connectivity index (χ2n) is 8.11. The van der Waals surface area contributed by atoms with E-state index in [0.717, 1.165) is 54.8 Å². The lowest BCUT2D eigenvalue weighted by Gasteiger charge is -2.27. The number of rotatable bonds is 8. The van der Waals surface area contributed by atoms with Crippen molar-refractivity contribution in [2.24, 2.45) is 0 Å². The van der Waals surface area contributed by atoms with Crippen molar-refractivity contribution in [3.63, 3.8) is 0 Å². The molecule has 1 fully saturated rings. The fourth-order valence-corrected chi connectivity index (χ4v) is 3.90. The van der Waals surface area contributed by atoms with E-state index < -0.39 is 0 Å². The third-order valence-corrected chi connectivity index (χ3v) is 5.89. The van der Waals surface area contributed by atoms with E-state index in [1.54, 1.807) is 26.6 Å². The smallest absolute Gasteiger partial charge is 0.251 e. The van der Waals surface area contributed by atoms with E-state index in [4.69, 9.17) is 9.47 Å². The zero-order chi connectivity index (χ0) is 23.9. The Morgan fingerprint density at radius 2 is 1.97 bits per heavy atom. The van der Waals surface area contributed by atoms with Gasteiger partial charge in [-0.15, -0.1) is 0 Å². The van der Waals surface area contributed by atoms with Crippen molar-refractivity contribution in [2.45, 2.75) is 12.8 Å². The predicted octanol–water partition coefficient (Wildman–Crippen LogP) is 2.96. The Morgan fingerprint density at radius 1 is 1.15 bits per heavy atom. The van der Waals surface area contributed by atoms with Crippen molar-refractivity contribution in [3.05, 3.63) is 60.0 Å². The molecule has 2 aromatic heterocycles. The first-order valence-electron chi connectivity index (χ1n) is 11.3. The summed E-state index contributed by atoms with van der Waals surface area (Å²) in [5.74, 6) is 2.35. The van der Waals surface area contributed by atoms with E-state index in [9.17, 15) is 4.79 Å². The standard InChI is InChI=1S/C25H30N6O3/c1-17(20-6-4-18(25(32)26-2)12-22(20)33-3)14-27-23-13-21(29-16-30-23)19-5-7-24(28-15-19)31-8-10-34-11-9-31/h4-7,12-13,15-17H,8-11,14H2,1-3H3,(H,26,32)(H,27,29,30). The van der Waals surface area contributed by atoms with Gasteiger partial charge in [-0.2, -0.15) is 0 Å². The zero-order valence-electron chi connectivity index (χ0n) is 19.7. The van der Waals surface area contributed by atoms with Crippen LogP contribution in [0.25, 0.3) is 11.3 Å². The average Bonchev–Trinajstić information content (AvgIpc) is 2.91. The first-order chi connectivity index (χ1) is 16.6. The predicted molar refractivity (Wildman–Crippen MR) is 132 cm³/mol. The lowest BCUT2D eigenvalue weighted by Crippen LogP contribution is -2.36. The molecule has 4 rings (SSSR count). The number of ether oxygens (including phenoxy) is 2. The number of nitrogens with zero attached hydrogens (tertiary/aromatic N) is 4. The minimum absolute atomic E-state index is 0.126. The van der Waals surface area contributed by atoms with Gasteiger partial charge in [0.15, 0.2) is 0 Å². The minimum Gasteiger partial charge on any atom is -0.496 e. The lowest BCUT2D eigenvalue weighted by atomic mass is 9.98. The molecule has 1 unspecified atom stereocenters. The number of aromatic nitrogens is 3. The number of hydrogen-bond donors (Lipinski definition) is 2. The molecule has 1 aromatic carbocycles. The SMILES string of the molecule is CNC(=O)c1ccc(C(C)CNc2cc(-c3ccc(N4CCOCC4)nc3)ncn2)c(OC)c1. The van der Waals surface area contributed by atoms with Gasteiger partial charge in [0.2, 0.25) is 0 Å². The van der Waals surface area contributed by atoms with Crippen molar-refractivity contribution in [3.8, 4) is 17.0 Å². The third kappa shape index (κ3) is 5.43. The Morgan fingerprint density at radius 3 is 2.68 bits per heavy atom. The third-order valence-electron chi connectivity index (χ3n) is 5.89. The van der Waals surface area contributed by atoms with Gasteiger partial charge >= 0.3 is 0 Å². The number of benzene rings is 1. The van der Waals surface area contributed by atoms with Crippen LogP contribution in [-0.2, 0) is 4.74 Å². The molecule has 2 N–H and O–H groups in total. The quantitative estimate of drug-likeness (QED) is 0.527.